The number of carbonyl (C=O) groups excluding carboxylic acids is 1. The summed E-state index contributed by atoms with van der Waals surface area (Å²) in [5, 5.41) is 20.2. The van der Waals surface area contributed by atoms with Gasteiger partial charge in [0.1, 0.15) is 17.8 Å². The average Bonchev–Trinajstić information content (AvgIpc) is 3.26. The van der Waals surface area contributed by atoms with E-state index in [1.807, 2.05) is 0 Å². The van der Waals surface area contributed by atoms with Crippen molar-refractivity contribution in [2.24, 2.45) is 15.9 Å². The van der Waals surface area contributed by atoms with Crippen molar-refractivity contribution >= 4 is 23.0 Å². The molecule has 0 aliphatic rings. The monoisotopic (exact) mass is 401 g/mol. The van der Waals surface area contributed by atoms with Gasteiger partial charge in [-0.05, 0) is 17.3 Å². The van der Waals surface area contributed by atoms with Crippen molar-refractivity contribution in [3.63, 3.8) is 0 Å². The van der Waals surface area contributed by atoms with Crippen LogP contribution < -0.4 is 16.4 Å². The van der Waals surface area contributed by atoms with Gasteiger partial charge in [-0.15, -0.1) is 4.91 Å². The average molecular weight is 401 g/mol. The summed E-state index contributed by atoms with van der Waals surface area (Å²) < 4.78 is 18.7. The standard InChI is InChI=1S/C18H20FN7O3/c19-13-4-2-1-3-12(13)9-22-16(15-5-6-29-26-15)7-14(21)17(24-11-25-28)10-23-18(27)8-20/h1-7,21-22H,8-11,20H2,(H,23,27)/b16-7-,21-14?,24-17+. The number of nitrogens with one attached hydrogen (secondary N) is 3. The molecule has 0 aliphatic heterocycles. The normalized spacial score (nSPS) is 11.8. The Kier molecular flexibility index (Phi) is 8.32. The number of rotatable bonds is 11. The van der Waals surface area contributed by atoms with Crippen LogP contribution in [0.4, 0.5) is 4.39 Å². The van der Waals surface area contributed by atoms with Gasteiger partial charge in [0.05, 0.1) is 30.2 Å². The van der Waals surface area contributed by atoms with E-state index in [9.17, 15) is 14.1 Å². The van der Waals surface area contributed by atoms with Gasteiger partial charge in [0, 0.05) is 18.2 Å². The van der Waals surface area contributed by atoms with E-state index in [0.717, 1.165) is 0 Å². The first kappa shape index (κ1) is 21.6. The van der Waals surface area contributed by atoms with Crippen LogP contribution in [0.25, 0.3) is 5.70 Å². The molecular formula is C18H20FN7O3. The van der Waals surface area contributed by atoms with E-state index < -0.39 is 12.6 Å². The summed E-state index contributed by atoms with van der Waals surface area (Å²) in [5.41, 5.74) is 6.41. The van der Waals surface area contributed by atoms with Gasteiger partial charge in [-0.3, -0.25) is 15.2 Å². The number of nitrogens with two attached hydrogens (primary N) is 1. The van der Waals surface area contributed by atoms with E-state index in [2.05, 4.69) is 26.0 Å². The highest BCUT2D eigenvalue weighted by atomic mass is 19.1. The van der Waals surface area contributed by atoms with Crippen LogP contribution in [0, 0.1) is 16.1 Å². The zero-order valence-electron chi connectivity index (χ0n) is 15.4. The van der Waals surface area contributed by atoms with Crippen molar-refractivity contribution in [2.45, 2.75) is 6.54 Å². The summed E-state index contributed by atoms with van der Waals surface area (Å²) >= 11 is 0. The molecular weight excluding hydrogens is 381 g/mol. The third-order valence-corrected chi connectivity index (χ3v) is 3.70. The van der Waals surface area contributed by atoms with E-state index in [4.69, 9.17) is 15.7 Å². The third-order valence-electron chi connectivity index (χ3n) is 3.70. The first-order valence-corrected chi connectivity index (χ1v) is 8.53. The molecule has 10 nitrogen and oxygen atoms in total. The maximum atomic E-state index is 13.9. The second-order valence-corrected chi connectivity index (χ2v) is 5.66. The molecule has 0 bridgehead atoms. The largest absolute Gasteiger partial charge is 0.379 e. The minimum Gasteiger partial charge on any atom is -0.379 e. The van der Waals surface area contributed by atoms with Crippen LogP contribution in [0.5, 0.6) is 0 Å². The van der Waals surface area contributed by atoms with Crippen LogP contribution in [0.15, 0.2) is 57.4 Å². The zero-order chi connectivity index (χ0) is 21.1. The number of benzene rings is 1. The maximum absolute atomic E-state index is 13.9. The number of hydrogen-bond acceptors (Lipinski definition) is 9. The molecule has 5 N–H and O–H groups in total. The fraction of sp³-hybridized carbons (Fsp3) is 0.222. The SMILES string of the molecule is N=C(/C=C(\NCc1ccccc1F)c1ccon1)/C(CNC(=O)CN)=N/CN=O. The van der Waals surface area contributed by atoms with Crippen LogP contribution in [-0.4, -0.2) is 42.2 Å². The van der Waals surface area contributed by atoms with Gasteiger partial charge >= 0.3 is 0 Å². The Labute approximate surface area is 165 Å². The number of hydrogen-bond donors (Lipinski definition) is 4. The van der Waals surface area contributed by atoms with Crippen LogP contribution in [0.1, 0.15) is 11.3 Å². The molecule has 0 unspecified atom stereocenters. The Morgan fingerprint density at radius 2 is 2.10 bits per heavy atom. The van der Waals surface area contributed by atoms with Gasteiger partial charge in [0.25, 0.3) is 0 Å². The highest BCUT2D eigenvalue weighted by Crippen LogP contribution is 2.12. The van der Waals surface area contributed by atoms with Crippen molar-refractivity contribution in [3.05, 3.63) is 64.7 Å². The van der Waals surface area contributed by atoms with Crippen LogP contribution in [0.3, 0.4) is 0 Å². The second kappa shape index (κ2) is 11.2. The molecule has 2 rings (SSSR count). The smallest absolute Gasteiger partial charge is 0.234 e. The van der Waals surface area contributed by atoms with Gasteiger partial charge in [-0.2, -0.15) is 0 Å². The van der Waals surface area contributed by atoms with Crippen molar-refractivity contribution in [2.75, 3.05) is 19.8 Å². The molecule has 11 heteroatoms. The summed E-state index contributed by atoms with van der Waals surface area (Å²) in [6.45, 7) is -0.617. The topological polar surface area (TPSA) is 159 Å². The van der Waals surface area contributed by atoms with Crippen molar-refractivity contribution < 1.29 is 13.7 Å². The predicted molar refractivity (Wildman–Crippen MR) is 106 cm³/mol. The lowest BCUT2D eigenvalue weighted by molar-refractivity contribution is -0.119. The number of aliphatic imine (C=N–C) groups is 1. The van der Waals surface area contributed by atoms with Gasteiger partial charge in [0.2, 0.25) is 5.91 Å². The lowest BCUT2D eigenvalue weighted by Gasteiger charge is -2.11. The molecule has 1 heterocycles. The maximum Gasteiger partial charge on any atom is 0.234 e. The van der Waals surface area contributed by atoms with Gasteiger partial charge in [-0.1, -0.05) is 23.4 Å². The number of nitroso groups, excluding NO2 is 1. The van der Waals surface area contributed by atoms with E-state index in [0.29, 0.717) is 17.0 Å². The molecule has 0 spiro atoms. The van der Waals surface area contributed by atoms with Gasteiger partial charge in [-0.25, -0.2) is 4.39 Å². The van der Waals surface area contributed by atoms with Gasteiger partial charge < -0.3 is 20.9 Å². The van der Waals surface area contributed by atoms with Gasteiger partial charge in [0.15, 0.2) is 6.67 Å². The van der Waals surface area contributed by atoms with E-state index in [1.165, 1.54) is 18.4 Å². The molecule has 152 valence electrons. The van der Waals surface area contributed by atoms with E-state index in [1.54, 1.807) is 24.3 Å². The number of aromatic nitrogens is 1. The number of amides is 1. The molecule has 2 aromatic rings. The Bertz CT molecular complexity index is 910. The Morgan fingerprint density at radius 1 is 1.31 bits per heavy atom. The highest BCUT2D eigenvalue weighted by Gasteiger charge is 2.12. The summed E-state index contributed by atoms with van der Waals surface area (Å²) in [5.74, 6) is -0.818. The fourth-order valence-corrected chi connectivity index (χ4v) is 2.23. The Hall–Kier alpha value is -3.73. The van der Waals surface area contributed by atoms with Crippen LogP contribution >= 0.6 is 0 Å². The molecule has 0 fully saturated rings. The van der Waals surface area contributed by atoms with Crippen LogP contribution in [-0.2, 0) is 11.3 Å². The summed E-state index contributed by atoms with van der Waals surface area (Å²) in [4.78, 5) is 25.7. The Balaban J connectivity index is 2.23. The summed E-state index contributed by atoms with van der Waals surface area (Å²) in [7, 11) is 0. The molecule has 1 aromatic carbocycles. The van der Waals surface area contributed by atoms with Crippen molar-refractivity contribution in [3.8, 4) is 0 Å². The predicted octanol–water partition coefficient (Wildman–Crippen LogP) is 1.20. The Morgan fingerprint density at radius 3 is 2.76 bits per heavy atom. The highest BCUT2D eigenvalue weighted by molar-refractivity contribution is 6.47. The molecule has 29 heavy (non-hydrogen) atoms. The molecule has 1 aromatic heterocycles. The molecule has 0 atom stereocenters. The van der Waals surface area contributed by atoms with Crippen molar-refractivity contribution in [1.82, 2.24) is 15.8 Å². The lowest BCUT2D eigenvalue weighted by Crippen LogP contribution is -2.36. The fourth-order valence-electron chi connectivity index (χ4n) is 2.23. The molecule has 0 saturated carbocycles. The zero-order valence-corrected chi connectivity index (χ0v) is 15.4. The number of nitrogens with zero attached hydrogens (tertiary/aromatic N) is 3. The lowest BCUT2D eigenvalue weighted by atomic mass is 10.1. The van der Waals surface area contributed by atoms with Crippen LogP contribution in [0.2, 0.25) is 0 Å². The first-order chi connectivity index (χ1) is 14.0. The number of allylic oxidation sites excluding steroid dienone is 1. The number of carbonyl (C=O) groups is 1. The van der Waals surface area contributed by atoms with E-state index >= 15 is 0 Å². The summed E-state index contributed by atoms with van der Waals surface area (Å²) in [6, 6.07) is 7.82. The second-order valence-electron chi connectivity index (χ2n) is 5.66. The molecule has 0 radical (unpaired) electrons. The first-order valence-electron chi connectivity index (χ1n) is 8.53. The van der Waals surface area contributed by atoms with E-state index in [-0.39, 0.29) is 36.9 Å². The number of halogens is 1. The molecule has 1 amide bonds. The molecule has 0 aliphatic carbocycles. The minimum absolute atomic E-state index is 0.106. The molecule has 0 saturated heterocycles. The van der Waals surface area contributed by atoms with Crippen molar-refractivity contribution in [1.29, 1.82) is 5.41 Å². The summed E-state index contributed by atoms with van der Waals surface area (Å²) in [6.07, 6.45) is 2.74. The minimum atomic E-state index is -0.442. The quantitative estimate of drug-likeness (QED) is 0.327. The third kappa shape index (κ3) is 6.74.